The molecule has 0 bridgehead atoms. The van der Waals surface area contributed by atoms with Crippen molar-refractivity contribution < 1.29 is 14.3 Å². The largest absolute Gasteiger partial charge is 0.464 e. The molecule has 0 saturated heterocycles. The molecule has 6 nitrogen and oxygen atoms in total. The predicted molar refractivity (Wildman–Crippen MR) is 64.3 cm³/mol. The van der Waals surface area contributed by atoms with Crippen LogP contribution in [0.4, 0.5) is 5.69 Å². The van der Waals surface area contributed by atoms with Gasteiger partial charge in [-0.2, -0.15) is 0 Å². The topological polar surface area (TPSA) is 87.3 Å². The molecule has 92 valence electrons. The first kappa shape index (κ1) is 11.8. The molecule has 2 N–H and O–H groups in total. The second-order valence-corrected chi connectivity index (χ2v) is 3.37. The Bertz CT molecular complexity index is 558. The van der Waals surface area contributed by atoms with Crippen LogP contribution < -0.4 is 10.5 Å². The zero-order valence-electron chi connectivity index (χ0n) is 9.66. The third-order valence-corrected chi connectivity index (χ3v) is 2.13. The van der Waals surface area contributed by atoms with E-state index in [9.17, 15) is 4.79 Å². The lowest BCUT2D eigenvalue weighted by Gasteiger charge is -2.07. The van der Waals surface area contributed by atoms with Gasteiger partial charge in [0.05, 0.1) is 19.0 Å². The van der Waals surface area contributed by atoms with Gasteiger partial charge in [0, 0.05) is 6.20 Å². The van der Waals surface area contributed by atoms with Gasteiger partial charge in [-0.25, -0.2) is 9.78 Å². The molecule has 0 aliphatic heterocycles. The average Bonchev–Trinajstić information content (AvgIpc) is 2.41. The lowest BCUT2D eigenvalue weighted by atomic mass is 10.3. The van der Waals surface area contributed by atoms with Gasteiger partial charge in [-0.3, -0.25) is 4.98 Å². The highest BCUT2D eigenvalue weighted by Crippen LogP contribution is 2.24. The maximum Gasteiger partial charge on any atom is 0.356 e. The van der Waals surface area contributed by atoms with E-state index in [1.807, 2.05) is 0 Å². The molecule has 2 rings (SSSR count). The van der Waals surface area contributed by atoms with Crippen molar-refractivity contribution in [3.05, 3.63) is 42.4 Å². The molecule has 2 aromatic heterocycles. The molecule has 0 saturated carbocycles. The van der Waals surface area contributed by atoms with E-state index in [1.54, 1.807) is 18.3 Å². The molecule has 0 unspecified atom stereocenters. The van der Waals surface area contributed by atoms with Crippen LogP contribution in [0.25, 0.3) is 0 Å². The minimum atomic E-state index is -0.550. The summed E-state index contributed by atoms with van der Waals surface area (Å²) < 4.78 is 10.0. The van der Waals surface area contributed by atoms with Gasteiger partial charge in [0.15, 0.2) is 5.69 Å². The number of esters is 1. The van der Waals surface area contributed by atoms with Gasteiger partial charge in [-0.05, 0) is 24.3 Å². The summed E-state index contributed by atoms with van der Waals surface area (Å²) in [5.41, 5.74) is 6.17. The zero-order valence-corrected chi connectivity index (χ0v) is 9.66. The van der Waals surface area contributed by atoms with Crippen molar-refractivity contribution in [2.24, 2.45) is 0 Å². The van der Waals surface area contributed by atoms with Gasteiger partial charge in [0.1, 0.15) is 5.75 Å². The van der Waals surface area contributed by atoms with Crippen LogP contribution in [0.5, 0.6) is 11.6 Å². The number of carbonyl (C=O) groups excluding carboxylic acids is 1. The van der Waals surface area contributed by atoms with Crippen LogP contribution in [0.1, 0.15) is 10.5 Å². The van der Waals surface area contributed by atoms with E-state index in [0.717, 1.165) is 0 Å². The number of nitrogen functional groups attached to an aromatic ring is 1. The molecule has 18 heavy (non-hydrogen) atoms. The van der Waals surface area contributed by atoms with Crippen molar-refractivity contribution in [3.63, 3.8) is 0 Å². The van der Waals surface area contributed by atoms with Crippen LogP contribution in [0.3, 0.4) is 0 Å². The van der Waals surface area contributed by atoms with Crippen LogP contribution in [0.15, 0.2) is 36.7 Å². The quantitative estimate of drug-likeness (QED) is 0.827. The van der Waals surface area contributed by atoms with E-state index in [2.05, 4.69) is 14.7 Å². The molecule has 0 aromatic carbocycles. The highest BCUT2D eigenvalue weighted by molar-refractivity contribution is 5.87. The van der Waals surface area contributed by atoms with Gasteiger partial charge in [0.25, 0.3) is 0 Å². The first-order chi connectivity index (χ1) is 8.70. The minimum Gasteiger partial charge on any atom is -0.464 e. The summed E-state index contributed by atoms with van der Waals surface area (Å²) in [7, 11) is 1.28. The fraction of sp³-hybridized carbons (Fsp3) is 0.0833. The average molecular weight is 245 g/mol. The number of ether oxygens (including phenoxy) is 2. The number of nitrogens with zero attached hydrogens (tertiary/aromatic N) is 2. The summed E-state index contributed by atoms with van der Waals surface area (Å²) in [4.78, 5) is 19.2. The fourth-order valence-corrected chi connectivity index (χ4v) is 1.27. The van der Waals surface area contributed by atoms with Crippen molar-refractivity contribution in [1.82, 2.24) is 9.97 Å². The zero-order chi connectivity index (χ0) is 13.0. The SMILES string of the molecule is COC(=O)c1ccc(N)c(Oc2cccnc2)n1. The maximum absolute atomic E-state index is 11.3. The molecule has 0 aliphatic rings. The number of hydrogen-bond donors (Lipinski definition) is 1. The van der Waals surface area contributed by atoms with E-state index in [-0.39, 0.29) is 11.6 Å². The Balaban J connectivity index is 2.30. The van der Waals surface area contributed by atoms with E-state index in [1.165, 1.54) is 25.4 Å². The maximum atomic E-state index is 11.3. The first-order valence-corrected chi connectivity index (χ1v) is 5.13. The van der Waals surface area contributed by atoms with Crippen molar-refractivity contribution in [1.29, 1.82) is 0 Å². The summed E-state index contributed by atoms with van der Waals surface area (Å²) >= 11 is 0. The van der Waals surface area contributed by atoms with E-state index in [4.69, 9.17) is 10.5 Å². The van der Waals surface area contributed by atoms with Gasteiger partial charge in [-0.1, -0.05) is 0 Å². The van der Waals surface area contributed by atoms with Crippen LogP contribution in [-0.2, 0) is 4.74 Å². The molecular formula is C12H11N3O3. The lowest BCUT2D eigenvalue weighted by molar-refractivity contribution is 0.0593. The number of anilines is 1. The Morgan fingerprint density at radius 2 is 2.17 bits per heavy atom. The molecule has 0 spiro atoms. The van der Waals surface area contributed by atoms with Crippen LogP contribution in [-0.4, -0.2) is 23.0 Å². The number of hydrogen-bond acceptors (Lipinski definition) is 6. The van der Waals surface area contributed by atoms with Crippen LogP contribution in [0.2, 0.25) is 0 Å². The fourth-order valence-electron chi connectivity index (χ4n) is 1.27. The summed E-state index contributed by atoms with van der Waals surface area (Å²) in [6.45, 7) is 0. The number of carbonyl (C=O) groups is 1. The van der Waals surface area contributed by atoms with Crippen molar-refractivity contribution in [2.75, 3.05) is 12.8 Å². The molecule has 0 amide bonds. The molecule has 0 aliphatic carbocycles. The molecule has 0 atom stereocenters. The summed E-state index contributed by atoms with van der Waals surface area (Å²) in [6, 6.07) is 6.43. The minimum absolute atomic E-state index is 0.130. The van der Waals surface area contributed by atoms with E-state index >= 15 is 0 Å². The van der Waals surface area contributed by atoms with Crippen molar-refractivity contribution in [2.45, 2.75) is 0 Å². The normalized spacial score (nSPS) is 9.83. The Morgan fingerprint density at radius 3 is 2.83 bits per heavy atom. The van der Waals surface area contributed by atoms with Crippen LogP contribution >= 0.6 is 0 Å². The van der Waals surface area contributed by atoms with Crippen molar-refractivity contribution in [3.8, 4) is 11.6 Å². The third kappa shape index (κ3) is 2.54. The number of rotatable bonds is 3. The molecule has 0 radical (unpaired) electrons. The van der Waals surface area contributed by atoms with E-state index in [0.29, 0.717) is 11.4 Å². The molecule has 0 fully saturated rings. The Labute approximate surface area is 103 Å². The van der Waals surface area contributed by atoms with E-state index < -0.39 is 5.97 Å². The predicted octanol–water partition coefficient (Wildman–Crippen LogP) is 1.64. The first-order valence-electron chi connectivity index (χ1n) is 5.13. The number of pyridine rings is 2. The summed E-state index contributed by atoms with van der Waals surface area (Å²) in [5.74, 6) is 0.0793. The number of aromatic nitrogens is 2. The van der Waals surface area contributed by atoms with Crippen LogP contribution in [0, 0.1) is 0 Å². The molecule has 6 heteroatoms. The third-order valence-electron chi connectivity index (χ3n) is 2.13. The Kier molecular flexibility index (Phi) is 3.38. The number of methoxy groups -OCH3 is 1. The van der Waals surface area contributed by atoms with Gasteiger partial charge < -0.3 is 15.2 Å². The smallest absolute Gasteiger partial charge is 0.356 e. The van der Waals surface area contributed by atoms with Crippen molar-refractivity contribution >= 4 is 11.7 Å². The van der Waals surface area contributed by atoms with Gasteiger partial charge >= 0.3 is 5.97 Å². The molecule has 2 aromatic rings. The Morgan fingerprint density at radius 1 is 1.33 bits per heavy atom. The molecule has 2 heterocycles. The lowest BCUT2D eigenvalue weighted by Crippen LogP contribution is -2.06. The summed E-state index contributed by atoms with van der Waals surface area (Å²) in [6.07, 6.45) is 3.14. The standard InChI is InChI=1S/C12H11N3O3/c1-17-12(16)10-5-4-9(13)11(15-10)18-8-3-2-6-14-7-8/h2-7H,13H2,1H3. The number of nitrogens with two attached hydrogens (primary N) is 1. The van der Waals surface area contributed by atoms with Gasteiger partial charge in [0.2, 0.25) is 5.88 Å². The second-order valence-electron chi connectivity index (χ2n) is 3.37. The molecular weight excluding hydrogens is 234 g/mol. The monoisotopic (exact) mass is 245 g/mol. The summed E-state index contributed by atoms with van der Waals surface area (Å²) in [5, 5.41) is 0. The second kappa shape index (κ2) is 5.13. The highest BCUT2D eigenvalue weighted by Gasteiger charge is 2.11. The Hall–Kier alpha value is -2.63. The van der Waals surface area contributed by atoms with Gasteiger partial charge in [-0.15, -0.1) is 0 Å². The highest BCUT2D eigenvalue weighted by atomic mass is 16.5.